The lowest BCUT2D eigenvalue weighted by molar-refractivity contribution is -0.151. The van der Waals surface area contributed by atoms with Gasteiger partial charge in [-0.3, -0.25) is 20.2 Å². The highest BCUT2D eigenvalue weighted by Gasteiger charge is 2.64. The molecular formula is C22H18F2N4O5. The molecule has 3 aliphatic rings. The Morgan fingerprint density at radius 3 is 2.55 bits per heavy atom. The van der Waals surface area contributed by atoms with Crippen LogP contribution in [0.15, 0.2) is 16.7 Å². The van der Waals surface area contributed by atoms with Crippen molar-refractivity contribution in [2.45, 2.75) is 38.5 Å². The van der Waals surface area contributed by atoms with Crippen LogP contribution in [0.3, 0.4) is 0 Å². The minimum absolute atomic E-state index is 0.00699. The Morgan fingerprint density at radius 2 is 1.94 bits per heavy atom. The van der Waals surface area contributed by atoms with Gasteiger partial charge in [-0.25, -0.2) is 18.6 Å². The van der Waals surface area contributed by atoms with Crippen molar-refractivity contribution >= 4 is 23.5 Å². The van der Waals surface area contributed by atoms with Crippen molar-refractivity contribution in [1.82, 2.24) is 15.6 Å². The molecule has 0 aliphatic carbocycles. The minimum Gasteiger partial charge on any atom is -0.441 e. The smallest absolute Gasteiger partial charge is 0.328 e. The van der Waals surface area contributed by atoms with Gasteiger partial charge in [0.05, 0.1) is 29.6 Å². The molecule has 33 heavy (non-hydrogen) atoms. The number of nitrogens with zero attached hydrogens (tertiary/aromatic N) is 2. The molecule has 0 saturated carbocycles. The van der Waals surface area contributed by atoms with E-state index < -0.39 is 53.1 Å². The van der Waals surface area contributed by atoms with Crippen LogP contribution >= 0.6 is 0 Å². The van der Waals surface area contributed by atoms with E-state index in [1.165, 1.54) is 17.2 Å². The summed E-state index contributed by atoms with van der Waals surface area (Å²) in [4.78, 5) is 43.4. The number of aryl methyl sites for hydroxylation is 1. The molecule has 170 valence electrons. The van der Waals surface area contributed by atoms with Gasteiger partial charge in [-0.1, -0.05) is 5.92 Å². The third kappa shape index (κ3) is 2.87. The largest absolute Gasteiger partial charge is 0.441 e. The van der Waals surface area contributed by atoms with Gasteiger partial charge in [0.25, 0.3) is 0 Å². The molecule has 2 saturated heterocycles. The first-order valence-corrected chi connectivity index (χ1v) is 10.2. The average molecular weight is 456 g/mol. The highest BCUT2D eigenvalue weighted by Crippen LogP contribution is 2.49. The normalized spacial score (nSPS) is 25.7. The minimum atomic E-state index is -1.92. The fourth-order valence-electron chi connectivity index (χ4n) is 4.98. The van der Waals surface area contributed by atoms with Gasteiger partial charge >= 0.3 is 6.03 Å². The number of carbonyl (C=O) groups is 3. The zero-order valence-corrected chi connectivity index (χ0v) is 17.6. The van der Waals surface area contributed by atoms with Crippen molar-refractivity contribution in [2.24, 2.45) is 5.41 Å². The highest BCUT2D eigenvalue weighted by molar-refractivity contribution is 6.20. The van der Waals surface area contributed by atoms with E-state index in [0.717, 1.165) is 0 Å². The Balaban J connectivity index is 1.77. The second-order valence-corrected chi connectivity index (χ2v) is 8.32. The number of benzene rings is 1. The first-order valence-electron chi connectivity index (χ1n) is 10.2. The SMILES string of the molecule is C#C[C@@H]1O[C@H](C)CN2c3c(cc(-c4cnc(C)o4)c(F)c3F)CC3(C(=O)NC(=O)NC3=O)[C@@H]12. The summed E-state index contributed by atoms with van der Waals surface area (Å²) in [6, 6.07) is -0.821. The van der Waals surface area contributed by atoms with Crippen molar-refractivity contribution < 1.29 is 32.3 Å². The molecule has 5 rings (SSSR count). The number of carbonyl (C=O) groups excluding carboxylic acids is 3. The maximum absolute atomic E-state index is 15.6. The number of barbiturate groups is 1. The summed E-state index contributed by atoms with van der Waals surface area (Å²) in [7, 11) is 0. The zero-order chi connectivity index (χ0) is 23.7. The summed E-state index contributed by atoms with van der Waals surface area (Å²) in [6.07, 6.45) is 4.94. The quantitative estimate of drug-likeness (QED) is 0.493. The van der Waals surface area contributed by atoms with E-state index in [0.29, 0.717) is 0 Å². The van der Waals surface area contributed by atoms with E-state index in [1.807, 2.05) is 0 Å². The van der Waals surface area contributed by atoms with Crippen molar-refractivity contribution in [3.8, 4) is 23.7 Å². The number of ether oxygens (including phenoxy) is 1. The second kappa shape index (κ2) is 7.11. The van der Waals surface area contributed by atoms with Crippen LogP contribution < -0.4 is 15.5 Å². The maximum atomic E-state index is 15.6. The number of hydrogen-bond acceptors (Lipinski definition) is 7. The highest BCUT2D eigenvalue weighted by atomic mass is 19.2. The summed E-state index contributed by atoms with van der Waals surface area (Å²) in [5.74, 6) is -1.46. The average Bonchev–Trinajstić information content (AvgIpc) is 3.19. The lowest BCUT2D eigenvalue weighted by atomic mass is 9.66. The first kappa shape index (κ1) is 21.1. The van der Waals surface area contributed by atoms with Gasteiger partial charge in [0, 0.05) is 19.9 Å². The van der Waals surface area contributed by atoms with Crippen LogP contribution in [0.4, 0.5) is 19.3 Å². The lowest BCUT2D eigenvalue weighted by Gasteiger charge is -2.54. The van der Waals surface area contributed by atoms with Crippen LogP contribution in [0.5, 0.6) is 0 Å². The zero-order valence-electron chi connectivity index (χ0n) is 17.6. The molecule has 0 radical (unpaired) electrons. The van der Waals surface area contributed by atoms with Crippen LogP contribution in [0.1, 0.15) is 18.4 Å². The summed E-state index contributed by atoms with van der Waals surface area (Å²) < 4.78 is 41.9. The summed E-state index contributed by atoms with van der Waals surface area (Å²) in [5.41, 5.74) is -2.06. The predicted octanol–water partition coefficient (Wildman–Crippen LogP) is 1.43. The first-order chi connectivity index (χ1) is 15.7. The number of urea groups is 1. The van der Waals surface area contributed by atoms with E-state index >= 15 is 8.78 Å². The van der Waals surface area contributed by atoms with Gasteiger partial charge in [0.1, 0.15) is 6.10 Å². The number of morpholine rings is 1. The van der Waals surface area contributed by atoms with Gasteiger partial charge < -0.3 is 14.1 Å². The van der Waals surface area contributed by atoms with E-state index in [9.17, 15) is 14.4 Å². The van der Waals surface area contributed by atoms with Crippen molar-refractivity contribution in [3.63, 3.8) is 0 Å². The number of terminal acetylenes is 1. The van der Waals surface area contributed by atoms with Gasteiger partial charge in [0.2, 0.25) is 11.8 Å². The van der Waals surface area contributed by atoms with E-state index in [2.05, 4.69) is 21.5 Å². The Labute approximate surface area is 186 Å². The number of oxazole rings is 1. The number of nitrogens with one attached hydrogen (secondary N) is 2. The standard InChI is InChI=1S/C22H18F2N4O5/c1-4-13-18-22(19(29)26-21(31)27-20(22)30)6-11-5-12(14-7-25-10(3)33-14)15(23)16(24)17(11)28(18)8-9(2)32-13/h1,5,7,9,13,18H,6,8H2,2-3H3,(H2,26,27,29,30,31)/t9-,13+,18-/m1/s1. The predicted molar refractivity (Wildman–Crippen MR) is 109 cm³/mol. The summed E-state index contributed by atoms with van der Waals surface area (Å²) in [5, 5.41) is 4.22. The van der Waals surface area contributed by atoms with Crippen LogP contribution in [-0.2, 0) is 20.7 Å². The Hall–Kier alpha value is -3.78. The number of aromatic nitrogens is 1. The van der Waals surface area contributed by atoms with Crippen molar-refractivity contribution in [1.29, 1.82) is 0 Å². The van der Waals surface area contributed by atoms with E-state index in [4.69, 9.17) is 15.6 Å². The molecule has 1 aromatic carbocycles. The number of amides is 4. The number of imide groups is 2. The second-order valence-electron chi connectivity index (χ2n) is 8.32. The summed E-state index contributed by atoms with van der Waals surface area (Å²) in [6.45, 7) is 3.27. The maximum Gasteiger partial charge on any atom is 0.328 e. The molecule has 9 nitrogen and oxygen atoms in total. The third-order valence-corrected chi connectivity index (χ3v) is 6.29. The number of anilines is 1. The monoisotopic (exact) mass is 456 g/mol. The number of halogens is 2. The molecule has 2 aromatic rings. The Kier molecular flexibility index (Phi) is 4.54. The van der Waals surface area contributed by atoms with Gasteiger partial charge in [-0.05, 0) is 18.6 Å². The van der Waals surface area contributed by atoms with E-state index in [-0.39, 0.29) is 41.4 Å². The summed E-state index contributed by atoms with van der Waals surface area (Å²) >= 11 is 0. The number of rotatable bonds is 1. The Bertz CT molecular complexity index is 1250. The fourth-order valence-corrected chi connectivity index (χ4v) is 4.98. The van der Waals surface area contributed by atoms with E-state index in [1.54, 1.807) is 13.8 Å². The molecule has 2 fully saturated rings. The molecule has 4 heterocycles. The van der Waals surface area contributed by atoms with Crippen molar-refractivity contribution in [2.75, 3.05) is 11.4 Å². The van der Waals surface area contributed by atoms with Crippen LogP contribution in [0, 0.1) is 36.3 Å². The van der Waals surface area contributed by atoms with Gasteiger partial charge in [-0.2, -0.15) is 0 Å². The van der Waals surface area contributed by atoms with Crippen molar-refractivity contribution in [3.05, 3.63) is 35.4 Å². The molecule has 2 N–H and O–H groups in total. The molecule has 1 spiro atoms. The lowest BCUT2D eigenvalue weighted by Crippen LogP contribution is -2.75. The van der Waals surface area contributed by atoms with Gasteiger partial charge in [-0.15, -0.1) is 6.42 Å². The molecular weight excluding hydrogens is 438 g/mol. The molecule has 3 aliphatic heterocycles. The number of hydrogen-bond donors (Lipinski definition) is 2. The molecule has 0 unspecified atom stereocenters. The Morgan fingerprint density at radius 1 is 1.24 bits per heavy atom. The molecule has 0 bridgehead atoms. The topological polar surface area (TPSA) is 114 Å². The third-order valence-electron chi connectivity index (χ3n) is 6.29. The molecule has 1 aromatic heterocycles. The number of fused-ring (bicyclic) bond motifs is 4. The fraction of sp³-hybridized carbons (Fsp3) is 0.364. The molecule has 3 atom stereocenters. The molecule has 11 heteroatoms. The van der Waals surface area contributed by atoms with Gasteiger partial charge in [0.15, 0.2) is 28.7 Å². The van der Waals surface area contributed by atoms with Crippen LogP contribution in [0.25, 0.3) is 11.3 Å². The van der Waals surface area contributed by atoms with Crippen LogP contribution in [0.2, 0.25) is 0 Å². The van der Waals surface area contributed by atoms with Crippen LogP contribution in [-0.4, -0.2) is 47.6 Å². The molecule has 4 amide bonds.